The molecule has 0 unspecified atom stereocenters. The summed E-state index contributed by atoms with van der Waals surface area (Å²) < 4.78 is 6.53. The number of ketones is 1. The average Bonchev–Trinajstić information content (AvgIpc) is 3.16. The van der Waals surface area contributed by atoms with E-state index < -0.39 is 5.63 Å². The van der Waals surface area contributed by atoms with Gasteiger partial charge in [-0.1, -0.05) is 23.6 Å². The molecule has 1 N–H and O–H groups in total. The molecule has 2 aromatic heterocycles. The summed E-state index contributed by atoms with van der Waals surface area (Å²) in [5.74, 6) is 0.0301. The molecule has 32 heavy (non-hydrogen) atoms. The Balaban J connectivity index is 0.000000350. The Bertz CT molecular complexity index is 1320. The fourth-order valence-corrected chi connectivity index (χ4v) is 3.64. The van der Waals surface area contributed by atoms with E-state index in [1.54, 1.807) is 6.92 Å². The number of benzene rings is 2. The van der Waals surface area contributed by atoms with Crippen LogP contribution in [0.2, 0.25) is 0 Å². The van der Waals surface area contributed by atoms with Crippen molar-refractivity contribution in [3.8, 4) is 10.6 Å². The number of Topliss-reactive ketones (excluding diaryl/α,β-unsaturated/α-hetero) is 1. The van der Waals surface area contributed by atoms with Gasteiger partial charge in [-0.05, 0) is 44.5 Å². The van der Waals surface area contributed by atoms with E-state index in [0.29, 0.717) is 21.7 Å². The molecule has 169 valence electrons. The minimum absolute atomic E-state index is 0. The van der Waals surface area contributed by atoms with Crippen LogP contribution >= 0.6 is 11.3 Å². The van der Waals surface area contributed by atoms with Crippen molar-refractivity contribution in [2.75, 3.05) is 19.0 Å². The molecule has 0 atom stereocenters. The third kappa shape index (κ3) is 5.71. The van der Waals surface area contributed by atoms with Crippen molar-refractivity contribution in [3.05, 3.63) is 70.3 Å². The number of allylic oxidation sites excluding steroid dienone is 2. The van der Waals surface area contributed by atoms with Gasteiger partial charge in [0.15, 0.2) is 5.78 Å². The SMILES string of the molecule is CC(=O)/C(C)=C(/C)O.CN(C)c1ccc2[c-]c(-c3nc4ccccc4s3)c(=O)oc2c1.[Ir]. The topological polar surface area (TPSA) is 83.6 Å². The van der Waals surface area contributed by atoms with Crippen LogP contribution in [0.3, 0.4) is 0 Å². The largest absolute Gasteiger partial charge is 0.512 e. The fourth-order valence-electron chi connectivity index (χ4n) is 2.69. The molecule has 2 aromatic carbocycles. The summed E-state index contributed by atoms with van der Waals surface area (Å²) in [6.45, 7) is 4.52. The van der Waals surface area contributed by atoms with E-state index in [0.717, 1.165) is 21.3 Å². The molecule has 0 amide bonds. The molecule has 0 fully saturated rings. The summed E-state index contributed by atoms with van der Waals surface area (Å²) in [5.41, 5.74) is 2.80. The van der Waals surface area contributed by atoms with E-state index >= 15 is 0 Å². The summed E-state index contributed by atoms with van der Waals surface area (Å²) in [5, 5.41) is 10.1. The number of carbonyl (C=O) groups excluding carboxylic acids is 1. The number of aliphatic hydroxyl groups excluding tert-OH is 1. The molecule has 0 saturated heterocycles. The third-order valence-electron chi connectivity index (χ3n) is 4.73. The molecule has 1 radical (unpaired) electrons. The van der Waals surface area contributed by atoms with Crippen molar-refractivity contribution in [1.29, 1.82) is 0 Å². The molecule has 2 heterocycles. The van der Waals surface area contributed by atoms with Gasteiger partial charge in [0.1, 0.15) is 0 Å². The normalized spacial score (nSPS) is 11.3. The molecule has 0 bridgehead atoms. The first kappa shape index (κ1) is 25.5. The van der Waals surface area contributed by atoms with Crippen LogP contribution in [0.4, 0.5) is 5.69 Å². The van der Waals surface area contributed by atoms with Crippen LogP contribution in [-0.4, -0.2) is 30.0 Å². The van der Waals surface area contributed by atoms with Gasteiger partial charge in [-0.2, -0.15) is 11.3 Å². The van der Waals surface area contributed by atoms with E-state index in [-0.39, 0.29) is 31.6 Å². The molecule has 0 saturated carbocycles. The van der Waals surface area contributed by atoms with Gasteiger partial charge in [-0.25, -0.2) is 0 Å². The fraction of sp³-hybridized carbons (Fsp3) is 0.208. The van der Waals surface area contributed by atoms with Gasteiger partial charge in [-0.15, -0.1) is 12.1 Å². The van der Waals surface area contributed by atoms with Crippen LogP contribution in [0, 0.1) is 6.07 Å². The number of rotatable bonds is 3. The van der Waals surface area contributed by atoms with E-state index in [2.05, 4.69) is 11.1 Å². The third-order valence-corrected chi connectivity index (χ3v) is 5.78. The Kier molecular flexibility index (Phi) is 8.50. The molecular formula is C24H23IrN2O4S-. The number of hydrogen-bond acceptors (Lipinski definition) is 7. The summed E-state index contributed by atoms with van der Waals surface area (Å²) in [4.78, 5) is 29.2. The van der Waals surface area contributed by atoms with Gasteiger partial charge in [0.2, 0.25) is 0 Å². The van der Waals surface area contributed by atoms with Gasteiger partial charge >= 0.3 is 0 Å². The standard InChI is InChI=1S/C18H13N2O2S.C6H10O2.Ir/c1-20(2)12-8-7-11-9-13(18(21)22-15(11)10-12)17-19-14-5-3-4-6-16(14)23-17;1-4(5(2)7)6(3)8;/h3-8,10H,1-2H3;7H,1-3H3;/q-1;;/b;5-4-;. The zero-order valence-electron chi connectivity index (χ0n) is 18.3. The molecule has 4 aromatic rings. The van der Waals surface area contributed by atoms with Gasteiger partial charge in [0, 0.05) is 50.2 Å². The first-order valence-electron chi connectivity index (χ1n) is 9.58. The summed E-state index contributed by atoms with van der Waals surface area (Å²) in [6.07, 6.45) is 0. The van der Waals surface area contributed by atoms with Gasteiger partial charge in [0.05, 0.1) is 21.9 Å². The van der Waals surface area contributed by atoms with Crippen LogP contribution in [0.1, 0.15) is 20.8 Å². The Labute approximate surface area is 203 Å². The van der Waals surface area contributed by atoms with Crippen LogP contribution in [0.5, 0.6) is 0 Å². The van der Waals surface area contributed by atoms with E-state index in [9.17, 15) is 9.59 Å². The number of hydrogen-bond donors (Lipinski definition) is 1. The number of para-hydroxylation sites is 1. The number of aliphatic hydroxyl groups is 1. The molecule has 0 spiro atoms. The number of fused-ring (bicyclic) bond motifs is 2. The zero-order valence-corrected chi connectivity index (χ0v) is 21.6. The zero-order chi connectivity index (χ0) is 22.7. The predicted molar refractivity (Wildman–Crippen MR) is 126 cm³/mol. The maximum absolute atomic E-state index is 12.3. The van der Waals surface area contributed by atoms with Gasteiger partial charge in [0.25, 0.3) is 5.63 Å². The Morgan fingerprint density at radius 3 is 2.38 bits per heavy atom. The van der Waals surface area contributed by atoms with Crippen LogP contribution in [-0.2, 0) is 24.9 Å². The van der Waals surface area contributed by atoms with E-state index in [1.165, 1.54) is 25.2 Å². The monoisotopic (exact) mass is 628 g/mol. The first-order valence-corrected chi connectivity index (χ1v) is 10.4. The van der Waals surface area contributed by atoms with Crippen molar-refractivity contribution < 1.29 is 34.4 Å². The second kappa shape index (κ2) is 10.7. The van der Waals surface area contributed by atoms with Crippen molar-refractivity contribution in [1.82, 2.24) is 4.98 Å². The number of carbonyl (C=O) groups is 1. The Hall–Kier alpha value is -2.80. The maximum atomic E-state index is 12.3. The average molecular weight is 628 g/mol. The van der Waals surface area contributed by atoms with Gasteiger partial charge < -0.3 is 14.4 Å². The Morgan fingerprint density at radius 1 is 1.12 bits per heavy atom. The van der Waals surface area contributed by atoms with E-state index in [4.69, 9.17) is 9.52 Å². The molecule has 0 aliphatic heterocycles. The van der Waals surface area contributed by atoms with Crippen LogP contribution in [0.25, 0.3) is 31.8 Å². The number of thiazole rings is 1. The predicted octanol–water partition coefficient (Wildman–Crippen LogP) is 5.36. The van der Waals surface area contributed by atoms with E-state index in [1.807, 2.05) is 61.5 Å². The molecule has 8 heteroatoms. The van der Waals surface area contributed by atoms with Gasteiger partial charge in [-0.3, -0.25) is 14.6 Å². The summed E-state index contributed by atoms with van der Waals surface area (Å²) in [6, 6.07) is 16.7. The number of anilines is 1. The molecule has 4 rings (SSSR count). The molecule has 0 aliphatic rings. The quantitative estimate of drug-likeness (QED) is 0.143. The Morgan fingerprint density at radius 2 is 1.81 bits per heavy atom. The maximum Gasteiger partial charge on any atom is 0.269 e. The van der Waals surface area contributed by atoms with Crippen molar-refractivity contribution >= 4 is 44.0 Å². The van der Waals surface area contributed by atoms with Crippen molar-refractivity contribution in [2.45, 2.75) is 20.8 Å². The summed E-state index contributed by atoms with van der Waals surface area (Å²) in [7, 11) is 3.89. The molecular weight excluding hydrogens is 605 g/mol. The van der Waals surface area contributed by atoms with Crippen LogP contribution < -0.4 is 10.5 Å². The summed E-state index contributed by atoms with van der Waals surface area (Å²) >= 11 is 1.47. The molecule has 6 nitrogen and oxygen atoms in total. The minimum Gasteiger partial charge on any atom is -0.512 e. The van der Waals surface area contributed by atoms with Crippen LogP contribution in [0.15, 0.2) is 63.0 Å². The second-order valence-electron chi connectivity index (χ2n) is 7.22. The minimum atomic E-state index is -0.410. The smallest absolute Gasteiger partial charge is 0.269 e. The van der Waals surface area contributed by atoms with Crippen molar-refractivity contribution in [2.24, 2.45) is 0 Å². The second-order valence-corrected chi connectivity index (χ2v) is 8.25. The number of aromatic nitrogens is 1. The molecule has 0 aliphatic carbocycles. The van der Waals surface area contributed by atoms with Crippen molar-refractivity contribution in [3.63, 3.8) is 0 Å². The number of nitrogens with zero attached hydrogens (tertiary/aromatic N) is 2. The first-order chi connectivity index (χ1) is 14.7.